The fourth-order valence-electron chi connectivity index (χ4n) is 1.83. The highest BCUT2D eigenvalue weighted by Gasteiger charge is 2.17. The molecule has 1 N–H and O–H groups in total. The van der Waals surface area contributed by atoms with Gasteiger partial charge in [0.15, 0.2) is 0 Å². The first kappa shape index (κ1) is 14.6. The Morgan fingerprint density at radius 1 is 1.48 bits per heavy atom. The first-order valence-corrected chi connectivity index (χ1v) is 6.41. The van der Waals surface area contributed by atoms with Crippen LogP contribution in [0, 0.1) is 10.1 Å². The van der Waals surface area contributed by atoms with E-state index in [4.69, 9.17) is 0 Å². The Morgan fingerprint density at radius 2 is 2.24 bits per heavy atom. The maximum absolute atomic E-state index is 12.1. The molecule has 0 radical (unpaired) electrons. The minimum absolute atomic E-state index is 0.000451. The molecule has 0 unspecified atom stereocenters. The molecule has 8 nitrogen and oxygen atoms in total. The zero-order valence-electron chi connectivity index (χ0n) is 11.7. The third kappa shape index (κ3) is 3.41. The molecular weight excluding hydrogens is 274 g/mol. The molecule has 1 aromatic carbocycles. The van der Waals surface area contributed by atoms with Crippen LogP contribution in [0.4, 0.5) is 5.69 Å². The van der Waals surface area contributed by atoms with Gasteiger partial charge in [0.1, 0.15) is 5.82 Å². The molecule has 1 amide bonds. The number of carbonyl (C=O) groups is 1. The predicted molar refractivity (Wildman–Crippen MR) is 74.7 cm³/mol. The summed E-state index contributed by atoms with van der Waals surface area (Å²) in [5.74, 6) is 0.402. The maximum Gasteiger partial charge on any atom is 0.293 e. The van der Waals surface area contributed by atoms with Crippen LogP contribution in [0.3, 0.4) is 0 Å². The molecule has 1 heterocycles. The van der Waals surface area contributed by atoms with E-state index in [2.05, 4.69) is 15.2 Å². The second-order valence-corrected chi connectivity index (χ2v) is 4.55. The van der Waals surface area contributed by atoms with E-state index in [1.165, 1.54) is 17.0 Å². The van der Waals surface area contributed by atoms with E-state index in [0.29, 0.717) is 17.8 Å². The molecule has 110 valence electrons. The van der Waals surface area contributed by atoms with E-state index in [1.807, 2.05) is 6.92 Å². The molecule has 0 aliphatic heterocycles. The van der Waals surface area contributed by atoms with Crippen molar-refractivity contribution in [1.29, 1.82) is 0 Å². The molecule has 0 aliphatic rings. The minimum atomic E-state index is -0.464. The van der Waals surface area contributed by atoms with Crippen molar-refractivity contribution in [1.82, 2.24) is 20.1 Å². The summed E-state index contributed by atoms with van der Waals surface area (Å²) in [5.41, 5.74) is 0.672. The summed E-state index contributed by atoms with van der Waals surface area (Å²) >= 11 is 0. The number of aromatic amines is 1. The average molecular weight is 289 g/mol. The summed E-state index contributed by atoms with van der Waals surface area (Å²) in [6.45, 7) is 2.15. The molecule has 8 heteroatoms. The van der Waals surface area contributed by atoms with Crippen LogP contribution >= 0.6 is 0 Å². The van der Waals surface area contributed by atoms with Crippen molar-refractivity contribution < 1.29 is 9.72 Å². The minimum Gasteiger partial charge on any atom is -0.335 e. The Morgan fingerprint density at radius 3 is 2.86 bits per heavy atom. The number of nitro groups is 1. The van der Waals surface area contributed by atoms with Crippen LogP contribution in [0.15, 0.2) is 24.3 Å². The lowest BCUT2D eigenvalue weighted by molar-refractivity contribution is -0.384. The van der Waals surface area contributed by atoms with E-state index < -0.39 is 4.92 Å². The van der Waals surface area contributed by atoms with Gasteiger partial charge in [0, 0.05) is 32.1 Å². The van der Waals surface area contributed by atoms with Crippen molar-refractivity contribution in [2.75, 3.05) is 7.05 Å². The van der Waals surface area contributed by atoms with E-state index in [9.17, 15) is 14.9 Å². The molecular formula is C13H15N5O3. The second-order valence-electron chi connectivity index (χ2n) is 4.55. The molecule has 0 aliphatic carbocycles. The predicted octanol–water partition coefficient (Wildman–Crippen LogP) is 1.55. The van der Waals surface area contributed by atoms with Crippen molar-refractivity contribution in [2.24, 2.45) is 0 Å². The average Bonchev–Trinajstić information content (AvgIpc) is 2.95. The quantitative estimate of drug-likeness (QED) is 0.664. The number of hydrogen-bond acceptors (Lipinski definition) is 5. The third-order valence-corrected chi connectivity index (χ3v) is 2.95. The number of carbonyl (C=O) groups excluding carboxylic acids is 1. The molecule has 0 spiro atoms. The standard InChI is InChI=1S/C13H15N5O3/c1-3-11-14-12(16-15-11)13(19)17(2)8-9-5-4-6-10(7-9)18(20)21/h4-7H,3,8H2,1-2H3,(H,14,15,16). The highest BCUT2D eigenvalue weighted by molar-refractivity contribution is 5.90. The van der Waals surface area contributed by atoms with Gasteiger partial charge in [-0.3, -0.25) is 20.0 Å². The number of aryl methyl sites for hydroxylation is 1. The van der Waals surface area contributed by atoms with Gasteiger partial charge in [0.25, 0.3) is 11.6 Å². The summed E-state index contributed by atoms with van der Waals surface area (Å²) in [6.07, 6.45) is 0.662. The van der Waals surface area contributed by atoms with Crippen molar-refractivity contribution >= 4 is 11.6 Å². The van der Waals surface area contributed by atoms with Gasteiger partial charge in [-0.2, -0.15) is 0 Å². The van der Waals surface area contributed by atoms with Crippen molar-refractivity contribution in [3.63, 3.8) is 0 Å². The summed E-state index contributed by atoms with van der Waals surface area (Å²) < 4.78 is 0. The highest BCUT2D eigenvalue weighted by atomic mass is 16.6. The summed E-state index contributed by atoms with van der Waals surface area (Å²) in [4.78, 5) is 27.9. The summed E-state index contributed by atoms with van der Waals surface area (Å²) in [7, 11) is 1.60. The molecule has 0 saturated carbocycles. The molecule has 2 rings (SSSR count). The number of nitrogens with zero attached hydrogens (tertiary/aromatic N) is 4. The SMILES string of the molecule is CCc1nc(C(=O)N(C)Cc2cccc([N+](=O)[O-])c2)n[nH]1. The van der Waals surface area contributed by atoms with Gasteiger partial charge in [-0.1, -0.05) is 19.1 Å². The van der Waals surface area contributed by atoms with Crippen LogP contribution in [0.1, 0.15) is 28.9 Å². The van der Waals surface area contributed by atoms with E-state index >= 15 is 0 Å². The van der Waals surface area contributed by atoms with Crippen molar-refractivity contribution in [2.45, 2.75) is 19.9 Å². The zero-order chi connectivity index (χ0) is 15.4. The maximum atomic E-state index is 12.1. The van der Waals surface area contributed by atoms with Gasteiger partial charge >= 0.3 is 0 Å². The number of nitro benzene ring substituents is 1. The Hall–Kier alpha value is -2.77. The first-order valence-electron chi connectivity index (χ1n) is 6.41. The first-order chi connectivity index (χ1) is 10.0. The van der Waals surface area contributed by atoms with E-state index in [-0.39, 0.29) is 24.0 Å². The number of amides is 1. The molecule has 1 aromatic heterocycles. The Bertz CT molecular complexity index is 667. The number of nitrogens with one attached hydrogen (secondary N) is 1. The fraction of sp³-hybridized carbons (Fsp3) is 0.308. The monoisotopic (exact) mass is 289 g/mol. The van der Waals surface area contributed by atoms with E-state index in [0.717, 1.165) is 0 Å². The number of H-pyrrole nitrogens is 1. The third-order valence-electron chi connectivity index (χ3n) is 2.95. The molecule has 0 saturated heterocycles. The normalized spacial score (nSPS) is 10.4. The largest absolute Gasteiger partial charge is 0.335 e. The van der Waals surface area contributed by atoms with Gasteiger partial charge < -0.3 is 4.90 Å². The van der Waals surface area contributed by atoms with Crippen LogP contribution in [-0.2, 0) is 13.0 Å². The molecule has 2 aromatic rings. The fourth-order valence-corrected chi connectivity index (χ4v) is 1.83. The summed E-state index contributed by atoms with van der Waals surface area (Å²) in [5, 5.41) is 17.3. The molecule has 0 atom stereocenters. The van der Waals surface area contributed by atoms with Crippen LogP contribution in [0.5, 0.6) is 0 Å². The second kappa shape index (κ2) is 6.12. The topological polar surface area (TPSA) is 105 Å². The lowest BCUT2D eigenvalue weighted by Crippen LogP contribution is -2.27. The van der Waals surface area contributed by atoms with Crippen molar-refractivity contribution in [3.05, 3.63) is 51.6 Å². The van der Waals surface area contributed by atoms with Gasteiger partial charge in [0.05, 0.1) is 4.92 Å². The lowest BCUT2D eigenvalue weighted by atomic mass is 10.2. The Labute approximate surface area is 121 Å². The van der Waals surface area contributed by atoms with Gasteiger partial charge in [-0.15, -0.1) is 5.10 Å². The number of benzene rings is 1. The van der Waals surface area contributed by atoms with Crippen molar-refractivity contribution in [3.8, 4) is 0 Å². The molecule has 0 bridgehead atoms. The number of non-ortho nitro benzene ring substituents is 1. The highest BCUT2D eigenvalue weighted by Crippen LogP contribution is 2.14. The van der Waals surface area contributed by atoms with Crippen LogP contribution in [0.2, 0.25) is 0 Å². The summed E-state index contributed by atoms with van der Waals surface area (Å²) in [6, 6.07) is 6.17. The van der Waals surface area contributed by atoms with Gasteiger partial charge in [0.2, 0.25) is 5.82 Å². The van der Waals surface area contributed by atoms with Gasteiger partial charge in [-0.05, 0) is 5.56 Å². The Balaban J connectivity index is 2.10. The van der Waals surface area contributed by atoms with Crippen LogP contribution < -0.4 is 0 Å². The van der Waals surface area contributed by atoms with Gasteiger partial charge in [-0.25, -0.2) is 4.98 Å². The smallest absolute Gasteiger partial charge is 0.293 e. The number of hydrogen-bond donors (Lipinski definition) is 1. The molecule has 0 fully saturated rings. The molecule has 21 heavy (non-hydrogen) atoms. The number of rotatable bonds is 5. The van der Waals surface area contributed by atoms with Crippen LogP contribution in [0.25, 0.3) is 0 Å². The zero-order valence-corrected chi connectivity index (χ0v) is 11.7. The van der Waals surface area contributed by atoms with E-state index in [1.54, 1.807) is 19.2 Å². The Kier molecular flexibility index (Phi) is 4.27. The van der Waals surface area contributed by atoms with Crippen LogP contribution in [-0.4, -0.2) is 38.0 Å². The number of aromatic nitrogens is 3. The lowest BCUT2D eigenvalue weighted by Gasteiger charge is -2.15.